The molecule has 0 bridgehead atoms. The number of hydrogen-bond acceptors (Lipinski definition) is 4. The van der Waals surface area contributed by atoms with Gasteiger partial charge in [-0.1, -0.05) is 0 Å². The zero-order valence-electron chi connectivity index (χ0n) is 10.4. The van der Waals surface area contributed by atoms with Crippen molar-refractivity contribution in [2.24, 2.45) is 0 Å². The molecule has 0 spiro atoms. The number of hydrogen-bond donors (Lipinski definition) is 2. The maximum atomic E-state index is 12.8. The van der Waals surface area contributed by atoms with E-state index in [9.17, 15) is 14.3 Å². The summed E-state index contributed by atoms with van der Waals surface area (Å²) in [4.78, 5) is 11.8. The van der Waals surface area contributed by atoms with Gasteiger partial charge in [-0.25, -0.2) is 4.39 Å². The maximum Gasteiger partial charge on any atom is 0.255 e. The summed E-state index contributed by atoms with van der Waals surface area (Å²) >= 11 is 0. The lowest BCUT2D eigenvalue weighted by Gasteiger charge is -2.22. The standard InChI is InChI=1S/C12H16FNO4/c1-7(12(17-2)18-3)14-11(16)9-5-4-8(13)6-10(9)15/h4-7,12,15H,1-3H3,(H,14,16). The molecule has 100 valence electrons. The van der Waals surface area contributed by atoms with Crippen molar-refractivity contribution in [1.29, 1.82) is 0 Å². The van der Waals surface area contributed by atoms with Crippen molar-refractivity contribution >= 4 is 5.91 Å². The molecule has 0 aromatic heterocycles. The molecule has 5 nitrogen and oxygen atoms in total. The first kappa shape index (κ1) is 14.4. The maximum absolute atomic E-state index is 12.8. The number of phenolic OH excluding ortho intramolecular Hbond substituents is 1. The Kier molecular flexibility index (Phi) is 5.06. The van der Waals surface area contributed by atoms with Gasteiger partial charge in [0.25, 0.3) is 5.91 Å². The summed E-state index contributed by atoms with van der Waals surface area (Å²) in [5, 5.41) is 12.1. The van der Waals surface area contributed by atoms with E-state index in [-0.39, 0.29) is 5.56 Å². The predicted octanol–water partition coefficient (Wildman–Crippen LogP) is 1.27. The summed E-state index contributed by atoms with van der Waals surface area (Å²) in [6, 6.07) is 2.77. The average molecular weight is 257 g/mol. The van der Waals surface area contributed by atoms with Gasteiger partial charge in [0.15, 0.2) is 6.29 Å². The number of phenols is 1. The lowest BCUT2D eigenvalue weighted by molar-refractivity contribution is -0.117. The smallest absolute Gasteiger partial charge is 0.255 e. The third-order valence-electron chi connectivity index (χ3n) is 2.44. The molecule has 6 heteroatoms. The second-order valence-corrected chi connectivity index (χ2v) is 3.76. The van der Waals surface area contributed by atoms with Gasteiger partial charge in [-0.3, -0.25) is 4.79 Å². The molecule has 0 saturated heterocycles. The fourth-order valence-electron chi connectivity index (χ4n) is 1.55. The number of aromatic hydroxyl groups is 1. The number of halogens is 1. The highest BCUT2D eigenvalue weighted by Crippen LogP contribution is 2.18. The second kappa shape index (κ2) is 6.32. The van der Waals surface area contributed by atoms with Crippen LogP contribution in [-0.2, 0) is 9.47 Å². The highest BCUT2D eigenvalue weighted by atomic mass is 19.1. The average Bonchev–Trinajstić information content (AvgIpc) is 2.30. The van der Waals surface area contributed by atoms with Crippen LogP contribution in [0.15, 0.2) is 18.2 Å². The van der Waals surface area contributed by atoms with Gasteiger partial charge in [-0.05, 0) is 19.1 Å². The molecule has 0 aliphatic heterocycles. The van der Waals surface area contributed by atoms with Crippen LogP contribution < -0.4 is 5.32 Å². The number of rotatable bonds is 5. The van der Waals surface area contributed by atoms with Gasteiger partial charge in [0.05, 0.1) is 11.6 Å². The molecule has 2 N–H and O–H groups in total. The molecule has 1 aromatic carbocycles. The van der Waals surface area contributed by atoms with Crippen molar-refractivity contribution in [2.45, 2.75) is 19.3 Å². The first-order chi connectivity index (χ1) is 8.49. The Balaban J connectivity index is 2.76. The van der Waals surface area contributed by atoms with E-state index in [2.05, 4.69) is 5.32 Å². The SMILES string of the molecule is COC(OC)C(C)NC(=O)c1ccc(F)cc1O. The van der Waals surface area contributed by atoms with Crippen LogP contribution in [0.25, 0.3) is 0 Å². The minimum Gasteiger partial charge on any atom is -0.507 e. The largest absolute Gasteiger partial charge is 0.507 e. The number of nitrogens with one attached hydrogen (secondary N) is 1. The van der Waals surface area contributed by atoms with Crippen LogP contribution in [0, 0.1) is 5.82 Å². The van der Waals surface area contributed by atoms with Crippen molar-refractivity contribution in [3.8, 4) is 5.75 Å². The molecular weight excluding hydrogens is 241 g/mol. The minimum atomic E-state index is -0.608. The molecule has 0 aliphatic carbocycles. The van der Waals surface area contributed by atoms with Crippen LogP contribution in [0.5, 0.6) is 5.75 Å². The molecule has 0 fully saturated rings. The van der Waals surface area contributed by atoms with E-state index >= 15 is 0 Å². The minimum absolute atomic E-state index is 0.00536. The van der Waals surface area contributed by atoms with Crippen molar-refractivity contribution in [3.05, 3.63) is 29.6 Å². The fraction of sp³-hybridized carbons (Fsp3) is 0.417. The summed E-state index contributed by atoms with van der Waals surface area (Å²) in [7, 11) is 2.90. The zero-order chi connectivity index (χ0) is 13.7. The van der Waals surface area contributed by atoms with Gasteiger partial charge >= 0.3 is 0 Å². The Morgan fingerprint density at radius 2 is 2.00 bits per heavy atom. The van der Waals surface area contributed by atoms with E-state index in [1.54, 1.807) is 6.92 Å². The van der Waals surface area contributed by atoms with Gasteiger partial charge in [0.2, 0.25) is 0 Å². The molecule has 0 radical (unpaired) electrons. The number of carbonyl (C=O) groups is 1. The summed E-state index contributed by atoms with van der Waals surface area (Å²) in [5.41, 5.74) is -0.00536. The first-order valence-corrected chi connectivity index (χ1v) is 5.34. The topological polar surface area (TPSA) is 67.8 Å². The molecule has 0 heterocycles. The molecule has 0 saturated carbocycles. The van der Waals surface area contributed by atoms with Gasteiger partial charge in [-0.2, -0.15) is 0 Å². The van der Waals surface area contributed by atoms with E-state index < -0.39 is 29.8 Å². The van der Waals surface area contributed by atoms with Crippen LogP contribution in [0.1, 0.15) is 17.3 Å². The van der Waals surface area contributed by atoms with Crippen LogP contribution in [0.3, 0.4) is 0 Å². The van der Waals surface area contributed by atoms with Crippen molar-refractivity contribution in [3.63, 3.8) is 0 Å². The summed E-state index contributed by atoms with van der Waals surface area (Å²) < 4.78 is 22.8. The quantitative estimate of drug-likeness (QED) is 0.779. The normalized spacial score (nSPS) is 12.5. The van der Waals surface area contributed by atoms with E-state index in [1.807, 2.05) is 0 Å². The van der Waals surface area contributed by atoms with Gasteiger partial charge in [-0.15, -0.1) is 0 Å². The molecule has 0 aliphatic rings. The van der Waals surface area contributed by atoms with Crippen LogP contribution in [0.2, 0.25) is 0 Å². The summed E-state index contributed by atoms with van der Waals surface area (Å²) in [6.07, 6.45) is -0.600. The number of benzene rings is 1. The molecule has 1 aromatic rings. The Bertz CT molecular complexity index is 421. The predicted molar refractivity (Wildman–Crippen MR) is 62.8 cm³/mol. The molecule has 1 amide bonds. The number of carbonyl (C=O) groups excluding carboxylic acids is 1. The third kappa shape index (κ3) is 3.41. The third-order valence-corrected chi connectivity index (χ3v) is 2.44. The second-order valence-electron chi connectivity index (χ2n) is 3.76. The lowest BCUT2D eigenvalue weighted by atomic mass is 10.1. The Morgan fingerprint density at radius 3 is 2.50 bits per heavy atom. The Morgan fingerprint density at radius 1 is 1.39 bits per heavy atom. The number of methoxy groups -OCH3 is 2. The monoisotopic (exact) mass is 257 g/mol. The van der Waals surface area contributed by atoms with Crippen molar-refractivity contribution in [1.82, 2.24) is 5.32 Å². The van der Waals surface area contributed by atoms with Gasteiger partial charge in [0.1, 0.15) is 11.6 Å². The van der Waals surface area contributed by atoms with E-state index in [1.165, 1.54) is 20.3 Å². The van der Waals surface area contributed by atoms with E-state index in [0.29, 0.717) is 0 Å². The Hall–Kier alpha value is -1.66. The Labute approximate surface area is 105 Å². The molecule has 1 rings (SSSR count). The summed E-state index contributed by atoms with van der Waals surface area (Å²) in [6.45, 7) is 1.69. The van der Waals surface area contributed by atoms with Crippen molar-refractivity contribution in [2.75, 3.05) is 14.2 Å². The summed E-state index contributed by atoms with van der Waals surface area (Å²) in [5.74, 6) is -1.55. The van der Waals surface area contributed by atoms with Crippen LogP contribution in [-0.4, -0.2) is 37.6 Å². The fourth-order valence-corrected chi connectivity index (χ4v) is 1.55. The highest BCUT2D eigenvalue weighted by molar-refractivity contribution is 5.96. The lowest BCUT2D eigenvalue weighted by Crippen LogP contribution is -2.42. The van der Waals surface area contributed by atoms with E-state index in [0.717, 1.165) is 12.1 Å². The zero-order valence-corrected chi connectivity index (χ0v) is 10.4. The highest BCUT2D eigenvalue weighted by Gasteiger charge is 2.20. The van der Waals surface area contributed by atoms with Crippen LogP contribution >= 0.6 is 0 Å². The van der Waals surface area contributed by atoms with Gasteiger partial charge in [0, 0.05) is 20.3 Å². The van der Waals surface area contributed by atoms with E-state index in [4.69, 9.17) is 9.47 Å². The number of ether oxygens (including phenoxy) is 2. The molecular formula is C12H16FNO4. The molecule has 1 atom stereocenters. The van der Waals surface area contributed by atoms with Gasteiger partial charge < -0.3 is 19.9 Å². The molecule has 1 unspecified atom stereocenters. The van der Waals surface area contributed by atoms with Crippen molar-refractivity contribution < 1.29 is 23.8 Å². The molecule has 18 heavy (non-hydrogen) atoms. The number of amides is 1. The van der Waals surface area contributed by atoms with Crippen LogP contribution in [0.4, 0.5) is 4.39 Å². The first-order valence-electron chi connectivity index (χ1n) is 5.34.